The van der Waals surface area contributed by atoms with Gasteiger partial charge in [-0.05, 0) is 31.0 Å². The summed E-state index contributed by atoms with van der Waals surface area (Å²) in [6.45, 7) is 2.75. The van der Waals surface area contributed by atoms with Crippen molar-refractivity contribution in [3.05, 3.63) is 47.5 Å². The number of imidazole rings is 1. The van der Waals surface area contributed by atoms with Gasteiger partial charge in [-0.3, -0.25) is 0 Å². The van der Waals surface area contributed by atoms with E-state index < -0.39 is 0 Å². The zero-order valence-electron chi connectivity index (χ0n) is 10.1. The smallest absolute Gasteiger partial charge is 0.202 e. The molecule has 0 unspecified atom stereocenters. The summed E-state index contributed by atoms with van der Waals surface area (Å²) in [4.78, 5) is 4.34. The average Bonchev–Trinajstić information content (AvgIpc) is 2.67. The summed E-state index contributed by atoms with van der Waals surface area (Å²) in [6.07, 6.45) is 2.79. The van der Waals surface area contributed by atoms with Crippen LogP contribution in [0, 0.1) is 12.7 Å². The zero-order valence-corrected chi connectivity index (χ0v) is 10.1. The maximum atomic E-state index is 13.0. The van der Waals surface area contributed by atoms with Crippen LogP contribution in [-0.4, -0.2) is 16.6 Å². The molecule has 2 rings (SSSR count). The van der Waals surface area contributed by atoms with Gasteiger partial charge in [0.05, 0.1) is 5.69 Å². The molecule has 0 atom stereocenters. The van der Waals surface area contributed by atoms with Crippen LogP contribution in [0.3, 0.4) is 0 Å². The van der Waals surface area contributed by atoms with Crippen molar-refractivity contribution in [1.82, 2.24) is 9.55 Å². The van der Waals surface area contributed by atoms with Gasteiger partial charge in [0.15, 0.2) is 0 Å². The fourth-order valence-electron chi connectivity index (χ4n) is 1.86. The first-order chi connectivity index (χ1) is 8.19. The highest BCUT2D eigenvalue weighted by Gasteiger charge is 2.03. The Kier molecular flexibility index (Phi) is 3.42. The minimum Gasteiger partial charge on any atom is -0.359 e. The summed E-state index contributed by atoms with van der Waals surface area (Å²) in [5, 5.41) is 3.04. The Morgan fingerprint density at radius 1 is 1.41 bits per heavy atom. The van der Waals surface area contributed by atoms with Crippen LogP contribution in [0.4, 0.5) is 10.3 Å². The number of nitrogens with zero attached hydrogens (tertiary/aromatic N) is 2. The van der Waals surface area contributed by atoms with Crippen molar-refractivity contribution in [3.63, 3.8) is 0 Å². The van der Waals surface area contributed by atoms with E-state index in [0.717, 1.165) is 30.2 Å². The molecular weight excluding hydrogens is 217 g/mol. The van der Waals surface area contributed by atoms with Gasteiger partial charge in [0.1, 0.15) is 5.82 Å². The molecule has 0 radical (unpaired) electrons. The molecule has 3 nitrogen and oxygen atoms in total. The number of rotatable bonds is 4. The topological polar surface area (TPSA) is 29.9 Å². The van der Waals surface area contributed by atoms with Crippen LogP contribution in [0.15, 0.2) is 30.5 Å². The first kappa shape index (κ1) is 11.6. The molecule has 0 saturated heterocycles. The lowest BCUT2D eigenvalue weighted by Crippen LogP contribution is -2.05. The maximum absolute atomic E-state index is 13.0. The van der Waals surface area contributed by atoms with E-state index in [4.69, 9.17) is 0 Å². The van der Waals surface area contributed by atoms with E-state index in [-0.39, 0.29) is 5.82 Å². The standard InChI is InChI=1S/C13H16FN3/c1-10-9-17(13(15-2)16-10)7-6-11-4-3-5-12(14)8-11/h3-5,8-9H,6-7H2,1-2H3,(H,15,16). The van der Waals surface area contributed by atoms with Crippen molar-refractivity contribution in [1.29, 1.82) is 0 Å². The monoisotopic (exact) mass is 233 g/mol. The molecule has 17 heavy (non-hydrogen) atoms. The third-order valence-electron chi connectivity index (χ3n) is 2.65. The molecule has 0 saturated carbocycles. The number of benzene rings is 1. The first-order valence-electron chi connectivity index (χ1n) is 5.65. The highest BCUT2D eigenvalue weighted by molar-refractivity contribution is 5.27. The van der Waals surface area contributed by atoms with E-state index in [9.17, 15) is 4.39 Å². The van der Waals surface area contributed by atoms with Crippen molar-refractivity contribution >= 4 is 5.95 Å². The SMILES string of the molecule is CNc1nc(C)cn1CCc1cccc(F)c1. The van der Waals surface area contributed by atoms with Crippen LogP contribution in [-0.2, 0) is 13.0 Å². The van der Waals surface area contributed by atoms with E-state index in [1.165, 1.54) is 6.07 Å². The Balaban J connectivity index is 2.06. The van der Waals surface area contributed by atoms with Crippen LogP contribution in [0.25, 0.3) is 0 Å². The van der Waals surface area contributed by atoms with E-state index in [2.05, 4.69) is 10.3 Å². The summed E-state index contributed by atoms with van der Waals surface area (Å²) in [7, 11) is 1.85. The summed E-state index contributed by atoms with van der Waals surface area (Å²) in [5.41, 5.74) is 1.98. The second-order valence-corrected chi connectivity index (χ2v) is 4.03. The molecule has 0 spiro atoms. The largest absolute Gasteiger partial charge is 0.359 e. The molecule has 2 aromatic rings. The number of hydrogen-bond acceptors (Lipinski definition) is 2. The lowest BCUT2D eigenvalue weighted by Gasteiger charge is -2.06. The van der Waals surface area contributed by atoms with Crippen molar-refractivity contribution in [2.45, 2.75) is 19.9 Å². The minimum absolute atomic E-state index is 0.182. The fraction of sp³-hybridized carbons (Fsp3) is 0.308. The highest BCUT2D eigenvalue weighted by Crippen LogP contribution is 2.10. The van der Waals surface area contributed by atoms with E-state index in [1.807, 2.05) is 30.8 Å². The van der Waals surface area contributed by atoms with Crippen molar-refractivity contribution in [2.24, 2.45) is 0 Å². The maximum Gasteiger partial charge on any atom is 0.202 e. The number of aryl methyl sites for hydroxylation is 3. The van der Waals surface area contributed by atoms with Crippen LogP contribution >= 0.6 is 0 Å². The number of hydrogen-bond donors (Lipinski definition) is 1. The predicted molar refractivity (Wildman–Crippen MR) is 66.6 cm³/mol. The van der Waals surface area contributed by atoms with Gasteiger partial charge in [0.25, 0.3) is 0 Å². The first-order valence-corrected chi connectivity index (χ1v) is 5.65. The number of halogens is 1. The summed E-state index contributed by atoms with van der Waals surface area (Å²) in [6, 6.07) is 6.71. The van der Waals surface area contributed by atoms with Gasteiger partial charge in [-0.2, -0.15) is 0 Å². The van der Waals surface area contributed by atoms with E-state index in [1.54, 1.807) is 12.1 Å². The van der Waals surface area contributed by atoms with Crippen LogP contribution in [0.1, 0.15) is 11.3 Å². The van der Waals surface area contributed by atoms with E-state index >= 15 is 0 Å². The van der Waals surface area contributed by atoms with Crippen molar-refractivity contribution < 1.29 is 4.39 Å². The Morgan fingerprint density at radius 2 is 2.24 bits per heavy atom. The summed E-state index contributed by atoms with van der Waals surface area (Å²) >= 11 is 0. The van der Waals surface area contributed by atoms with Crippen LogP contribution in [0.5, 0.6) is 0 Å². The number of nitrogens with one attached hydrogen (secondary N) is 1. The molecule has 0 bridgehead atoms. The van der Waals surface area contributed by atoms with Gasteiger partial charge in [-0.1, -0.05) is 12.1 Å². The molecule has 0 aliphatic rings. The van der Waals surface area contributed by atoms with Gasteiger partial charge in [0, 0.05) is 19.8 Å². The van der Waals surface area contributed by atoms with Gasteiger partial charge in [0.2, 0.25) is 5.95 Å². The predicted octanol–water partition coefficient (Wildman–Crippen LogP) is 2.62. The summed E-state index contributed by atoms with van der Waals surface area (Å²) in [5.74, 6) is 0.664. The Labute approximate surface area is 100 Å². The highest BCUT2D eigenvalue weighted by atomic mass is 19.1. The minimum atomic E-state index is -0.182. The lowest BCUT2D eigenvalue weighted by molar-refractivity contribution is 0.622. The quantitative estimate of drug-likeness (QED) is 0.879. The van der Waals surface area contributed by atoms with Gasteiger partial charge in [-0.25, -0.2) is 9.37 Å². The normalized spacial score (nSPS) is 10.5. The molecule has 1 aromatic carbocycles. The van der Waals surface area contributed by atoms with Gasteiger partial charge in [-0.15, -0.1) is 0 Å². The molecule has 1 heterocycles. The van der Waals surface area contributed by atoms with Gasteiger partial charge < -0.3 is 9.88 Å². The Hall–Kier alpha value is -1.84. The fourth-order valence-corrected chi connectivity index (χ4v) is 1.86. The average molecular weight is 233 g/mol. The van der Waals surface area contributed by atoms with Crippen molar-refractivity contribution in [3.8, 4) is 0 Å². The molecule has 90 valence electrons. The Bertz CT molecular complexity index is 505. The third kappa shape index (κ3) is 2.84. The molecule has 1 aromatic heterocycles. The molecular formula is C13H16FN3. The second kappa shape index (κ2) is 4.99. The van der Waals surface area contributed by atoms with Crippen LogP contribution in [0.2, 0.25) is 0 Å². The number of aromatic nitrogens is 2. The lowest BCUT2D eigenvalue weighted by atomic mass is 10.1. The van der Waals surface area contributed by atoms with Gasteiger partial charge >= 0.3 is 0 Å². The zero-order chi connectivity index (χ0) is 12.3. The summed E-state index contributed by atoms with van der Waals surface area (Å²) < 4.78 is 15.1. The van der Waals surface area contributed by atoms with E-state index in [0.29, 0.717) is 0 Å². The molecule has 0 aliphatic heterocycles. The molecule has 0 fully saturated rings. The molecule has 0 amide bonds. The molecule has 0 aliphatic carbocycles. The third-order valence-corrected chi connectivity index (χ3v) is 2.65. The molecule has 4 heteroatoms. The number of anilines is 1. The Morgan fingerprint density at radius 3 is 2.94 bits per heavy atom. The van der Waals surface area contributed by atoms with Crippen LogP contribution < -0.4 is 5.32 Å². The van der Waals surface area contributed by atoms with Crippen molar-refractivity contribution in [2.75, 3.05) is 12.4 Å². The second-order valence-electron chi connectivity index (χ2n) is 4.03. The molecule has 1 N–H and O–H groups in total.